The Morgan fingerprint density at radius 3 is 2.11 bits per heavy atom. The third-order valence-corrected chi connectivity index (χ3v) is 4.26. The van der Waals surface area contributed by atoms with E-state index in [-0.39, 0.29) is 6.03 Å². The summed E-state index contributed by atoms with van der Waals surface area (Å²) in [5.74, 6) is 0. The molecule has 0 saturated carbocycles. The summed E-state index contributed by atoms with van der Waals surface area (Å²) < 4.78 is 5.64. The Hall–Kier alpha value is -3.37. The first kappa shape index (κ1) is 19.4. The maximum atomic E-state index is 11.8. The molecule has 0 saturated heterocycles. The molecule has 0 aromatic heterocycles. The highest BCUT2D eigenvalue weighted by Gasteiger charge is 2.03. The lowest BCUT2D eigenvalue weighted by Gasteiger charge is -2.09. The Morgan fingerprint density at radius 2 is 1.43 bits per heavy atom. The zero-order valence-corrected chi connectivity index (χ0v) is 15.7. The van der Waals surface area contributed by atoms with Gasteiger partial charge in [0.25, 0.3) is 0 Å². The minimum Gasteiger partial charge on any atom is -0.375 e. The molecule has 2 N–H and O–H groups in total. The Morgan fingerprint density at radius 1 is 0.821 bits per heavy atom. The van der Waals surface area contributed by atoms with Gasteiger partial charge in [0.2, 0.25) is 0 Å². The molecule has 0 atom stereocenters. The molecule has 0 heterocycles. The molecule has 3 aromatic carbocycles. The predicted molar refractivity (Wildman–Crippen MR) is 114 cm³/mol. The van der Waals surface area contributed by atoms with Crippen molar-refractivity contribution in [3.63, 3.8) is 0 Å². The number of amides is 2. The Kier molecular flexibility index (Phi) is 6.99. The molecule has 3 rings (SSSR count). The van der Waals surface area contributed by atoms with E-state index in [1.165, 1.54) is 0 Å². The minimum absolute atomic E-state index is 0.237. The number of carbonyl (C=O) groups excluding carboxylic acids is 1. The highest BCUT2D eigenvalue weighted by Crippen LogP contribution is 2.21. The van der Waals surface area contributed by atoms with Gasteiger partial charge < -0.3 is 15.4 Å². The third-order valence-electron chi connectivity index (χ3n) is 4.26. The van der Waals surface area contributed by atoms with Crippen molar-refractivity contribution < 1.29 is 9.53 Å². The number of anilines is 1. The molecule has 0 unspecified atom stereocenters. The van der Waals surface area contributed by atoms with Crippen LogP contribution in [0.2, 0.25) is 0 Å². The van der Waals surface area contributed by atoms with E-state index in [4.69, 9.17) is 4.74 Å². The number of carbonyl (C=O) groups is 1. The van der Waals surface area contributed by atoms with E-state index in [1.54, 1.807) is 0 Å². The highest BCUT2D eigenvalue weighted by molar-refractivity contribution is 5.89. The average Bonchev–Trinajstić information content (AvgIpc) is 2.75. The van der Waals surface area contributed by atoms with Gasteiger partial charge in [0.1, 0.15) is 0 Å². The lowest BCUT2D eigenvalue weighted by Crippen LogP contribution is -2.31. The van der Waals surface area contributed by atoms with Gasteiger partial charge in [0.15, 0.2) is 0 Å². The van der Waals surface area contributed by atoms with Crippen LogP contribution in [0, 0.1) is 0 Å². The number of rotatable bonds is 8. The van der Waals surface area contributed by atoms with Crippen molar-refractivity contribution in [1.29, 1.82) is 0 Å². The molecule has 2 amide bonds. The van der Waals surface area contributed by atoms with E-state index in [0.29, 0.717) is 19.8 Å². The van der Waals surface area contributed by atoms with E-state index in [9.17, 15) is 4.79 Å². The van der Waals surface area contributed by atoms with Crippen LogP contribution in [0.3, 0.4) is 0 Å². The predicted octanol–water partition coefficient (Wildman–Crippen LogP) is 5.09. The zero-order chi connectivity index (χ0) is 19.6. The monoisotopic (exact) mass is 372 g/mol. The highest BCUT2D eigenvalue weighted by atomic mass is 16.5. The van der Waals surface area contributed by atoms with Gasteiger partial charge in [-0.15, -0.1) is 0 Å². The summed E-state index contributed by atoms with van der Waals surface area (Å²) in [4.78, 5) is 11.8. The fourth-order valence-corrected chi connectivity index (χ4v) is 2.73. The van der Waals surface area contributed by atoms with E-state index in [2.05, 4.69) is 41.5 Å². The Balaban J connectivity index is 1.37. The third kappa shape index (κ3) is 5.83. The number of urea groups is 1. The number of nitrogens with one attached hydrogen (secondary N) is 2. The number of hydrogen-bond acceptors (Lipinski definition) is 2. The maximum Gasteiger partial charge on any atom is 0.319 e. The normalized spacial score (nSPS) is 10.3. The van der Waals surface area contributed by atoms with Crippen molar-refractivity contribution in [3.05, 3.63) is 108 Å². The van der Waals surface area contributed by atoms with Crippen LogP contribution >= 0.6 is 0 Å². The standard InChI is InChI=1S/C24H24N2O2/c1-19(21-8-4-2-5-9-21)22-14-12-20(13-15-22)18-28-17-16-25-24(27)26-23-10-6-3-7-11-23/h2-15H,1,16-18H2,(H2,25,26,27). The van der Waals surface area contributed by atoms with Gasteiger partial charge in [0.05, 0.1) is 13.2 Å². The van der Waals surface area contributed by atoms with E-state index in [1.807, 2.05) is 60.7 Å². The second kappa shape index (κ2) is 10.1. The summed E-state index contributed by atoms with van der Waals surface area (Å²) in [6.07, 6.45) is 0. The van der Waals surface area contributed by atoms with Gasteiger partial charge in [-0.25, -0.2) is 4.79 Å². The summed E-state index contributed by atoms with van der Waals surface area (Å²) in [5.41, 5.74) is 5.05. The molecule has 0 bridgehead atoms. The SMILES string of the molecule is C=C(c1ccccc1)c1ccc(COCCNC(=O)Nc2ccccc2)cc1. The first-order valence-electron chi connectivity index (χ1n) is 9.23. The summed E-state index contributed by atoms with van der Waals surface area (Å²) >= 11 is 0. The molecule has 0 aliphatic heterocycles. The zero-order valence-electron chi connectivity index (χ0n) is 15.7. The van der Waals surface area contributed by atoms with Crippen molar-refractivity contribution >= 4 is 17.3 Å². The van der Waals surface area contributed by atoms with Crippen molar-refractivity contribution in [2.45, 2.75) is 6.61 Å². The van der Waals surface area contributed by atoms with Gasteiger partial charge in [-0.05, 0) is 34.4 Å². The van der Waals surface area contributed by atoms with Crippen LogP contribution in [-0.2, 0) is 11.3 Å². The molecule has 142 valence electrons. The molecule has 4 heteroatoms. The number of para-hydroxylation sites is 1. The van der Waals surface area contributed by atoms with Gasteiger partial charge in [-0.1, -0.05) is 79.4 Å². The summed E-state index contributed by atoms with van der Waals surface area (Å²) in [6, 6.07) is 27.4. The molecule has 0 aliphatic rings. The van der Waals surface area contributed by atoms with Crippen LogP contribution in [0.5, 0.6) is 0 Å². The molecule has 0 spiro atoms. The van der Waals surface area contributed by atoms with Gasteiger partial charge >= 0.3 is 6.03 Å². The number of benzene rings is 3. The van der Waals surface area contributed by atoms with Crippen LogP contribution in [0.15, 0.2) is 91.5 Å². The van der Waals surface area contributed by atoms with E-state index >= 15 is 0 Å². The Bertz CT molecular complexity index is 891. The van der Waals surface area contributed by atoms with Gasteiger partial charge in [0, 0.05) is 12.2 Å². The lowest BCUT2D eigenvalue weighted by atomic mass is 9.99. The quantitative estimate of drug-likeness (QED) is 0.541. The largest absolute Gasteiger partial charge is 0.375 e. The summed E-state index contributed by atoms with van der Waals surface area (Å²) in [6.45, 7) is 5.57. The molecule has 28 heavy (non-hydrogen) atoms. The van der Waals surface area contributed by atoms with Crippen LogP contribution in [0.1, 0.15) is 16.7 Å². The molecule has 3 aromatic rings. The van der Waals surface area contributed by atoms with Crippen molar-refractivity contribution in [2.75, 3.05) is 18.5 Å². The van der Waals surface area contributed by atoms with Gasteiger partial charge in [-0.3, -0.25) is 0 Å². The average molecular weight is 372 g/mol. The van der Waals surface area contributed by atoms with E-state index < -0.39 is 0 Å². The fraction of sp³-hybridized carbons (Fsp3) is 0.125. The summed E-state index contributed by atoms with van der Waals surface area (Å²) in [7, 11) is 0. The Labute approximate surface area is 165 Å². The molecule has 4 nitrogen and oxygen atoms in total. The van der Waals surface area contributed by atoms with Crippen molar-refractivity contribution in [2.24, 2.45) is 0 Å². The second-order valence-electron chi connectivity index (χ2n) is 6.34. The first-order chi connectivity index (χ1) is 13.7. The van der Waals surface area contributed by atoms with Gasteiger partial charge in [-0.2, -0.15) is 0 Å². The van der Waals surface area contributed by atoms with E-state index in [0.717, 1.165) is 28.0 Å². The lowest BCUT2D eigenvalue weighted by molar-refractivity contribution is 0.124. The van der Waals surface area contributed by atoms with Crippen LogP contribution in [-0.4, -0.2) is 19.2 Å². The molecular formula is C24H24N2O2. The molecule has 0 radical (unpaired) electrons. The minimum atomic E-state index is -0.237. The maximum absolute atomic E-state index is 11.8. The topological polar surface area (TPSA) is 50.4 Å². The fourth-order valence-electron chi connectivity index (χ4n) is 2.73. The van der Waals surface area contributed by atoms with Crippen LogP contribution < -0.4 is 10.6 Å². The van der Waals surface area contributed by atoms with Crippen molar-refractivity contribution in [3.8, 4) is 0 Å². The van der Waals surface area contributed by atoms with Crippen LogP contribution in [0.4, 0.5) is 10.5 Å². The molecule has 0 aliphatic carbocycles. The molecule has 0 fully saturated rings. The molecular weight excluding hydrogens is 348 g/mol. The number of hydrogen-bond donors (Lipinski definition) is 2. The number of ether oxygens (including phenoxy) is 1. The first-order valence-corrected chi connectivity index (χ1v) is 9.23. The van der Waals surface area contributed by atoms with Crippen molar-refractivity contribution in [1.82, 2.24) is 5.32 Å². The van der Waals surface area contributed by atoms with Crippen LogP contribution in [0.25, 0.3) is 5.57 Å². The summed E-state index contributed by atoms with van der Waals surface area (Å²) in [5, 5.41) is 5.54. The smallest absolute Gasteiger partial charge is 0.319 e. The second-order valence-corrected chi connectivity index (χ2v) is 6.34.